The molecule has 0 aromatic carbocycles. The van der Waals surface area contributed by atoms with E-state index in [1.165, 1.54) is 12.8 Å². The van der Waals surface area contributed by atoms with Gasteiger partial charge < -0.3 is 0 Å². The monoisotopic (exact) mass is 295 g/mol. The van der Waals surface area contributed by atoms with Gasteiger partial charge >= 0.3 is 0 Å². The second kappa shape index (κ2) is 7.69. The smallest absolute Gasteiger partial charge is 0.274 e. The van der Waals surface area contributed by atoms with Gasteiger partial charge in [-0.3, -0.25) is 4.90 Å². The van der Waals surface area contributed by atoms with E-state index < -0.39 is 10.2 Å². The Kier molecular flexibility index (Phi) is 6.94. The fraction of sp³-hybridized carbons (Fsp3) is 1.00. The topological polar surface area (TPSA) is 75.4 Å². The van der Waals surface area contributed by atoms with Gasteiger partial charge in [-0.25, -0.2) is 9.86 Å². The highest BCUT2D eigenvalue weighted by molar-refractivity contribution is 7.99. The van der Waals surface area contributed by atoms with E-state index in [0.29, 0.717) is 17.8 Å². The molecule has 0 amide bonds. The normalized spacial score (nSPS) is 22.6. The maximum atomic E-state index is 10.9. The maximum absolute atomic E-state index is 10.9. The van der Waals surface area contributed by atoms with Crippen molar-refractivity contribution in [2.45, 2.75) is 44.4 Å². The molecule has 1 aliphatic rings. The molecule has 0 spiro atoms. The molecule has 0 aromatic heterocycles. The molecule has 0 aromatic rings. The van der Waals surface area contributed by atoms with Gasteiger partial charge in [0.2, 0.25) is 0 Å². The first-order valence-corrected chi connectivity index (χ1v) is 9.11. The van der Waals surface area contributed by atoms with E-state index in [-0.39, 0.29) is 0 Å². The predicted molar refractivity (Wildman–Crippen MR) is 77.9 cm³/mol. The van der Waals surface area contributed by atoms with Gasteiger partial charge in [-0.2, -0.15) is 20.2 Å². The number of hydrogen-bond acceptors (Lipinski definition) is 4. The van der Waals surface area contributed by atoms with E-state index >= 15 is 0 Å². The van der Waals surface area contributed by atoms with Crippen LogP contribution in [0.3, 0.4) is 0 Å². The van der Waals surface area contributed by atoms with E-state index in [1.807, 2.05) is 11.8 Å². The van der Waals surface area contributed by atoms with Crippen LogP contribution in [0.1, 0.15) is 33.1 Å². The van der Waals surface area contributed by atoms with Crippen molar-refractivity contribution in [2.75, 3.05) is 25.4 Å². The Morgan fingerprint density at radius 3 is 2.78 bits per heavy atom. The van der Waals surface area contributed by atoms with E-state index in [1.54, 1.807) is 0 Å². The summed E-state index contributed by atoms with van der Waals surface area (Å²) in [7, 11) is -3.56. The molecule has 0 bridgehead atoms. The zero-order valence-electron chi connectivity index (χ0n) is 11.3. The summed E-state index contributed by atoms with van der Waals surface area (Å²) >= 11 is 1.95. The minimum absolute atomic E-state index is 0.296. The highest BCUT2D eigenvalue weighted by Crippen LogP contribution is 2.18. The van der Waals surface area contributed by atoms with Crippen molar-refractivity contribution in [1.29, 1.82) is 0 Å². The fourth-order valence-electron chi connectivity index (χ4n) is 2.20. The number of hydrogen-bond donors (Lipinski definition) is 2. The molecular formula is C11H25N3O2S2. The zero-order chi connectivity index (χ0) is 13.6. The van der Waals surface area contributed by atoms with E-state index in [4.69, 9.17) is 5.14 Å². The number of nitrogens with two attached hydrogens (primary N) is 1. The Balaban J connectivity index is 2.37. The minimum Gasteiger partial charge on any atom is -0.298 e. The lowest BCUT2D eigenvalue weighted by Gasteiger charge is -2.35. The number of piperidine rings is 1. The molecular weight excluding hydrogens is 270 g/mol. The fourth-order valence-corrected chi connectivity index (χ4v) is 3.44. The first-order valence-electron chi connectivity index (χ1n) is 6.51. The van der Waals surface area contributed by atoms with Gasteiger partial charge in [0.1, 0.15) is 0 Å². The standard InChI is InChI=1S/C11H25N3O2S2/c1-10(2)17-8-7-14-6-4-3-5-11(14)9-13-18(12,15)16/h10-11,13H,3-9H2,1-2H3,(H2,12,15,16)/t11-/m1/s1. The summed E-state index contributed by atoms with van der Waals surface area (Å²) < 4.78 is 24.3. The van der Waals surface area contributed by atoms with Gasteiger partial charge in [-0.05, 0) is 24.6 Å². The van der Waals surface area contributed by atoms with Gasteiger partial charge in [0, 0.05) is 24.9 Å². The molecule has 0 aliphatic carbocycles. The second-order valence-electron chi connectivity index (χ2n) is 5.00. The van der Waals surface area contributed by atoms with Crippen LogP contribution in [0.4, 0.5) is 0 Å². The van der Waals surface area contributed by atoms with Crippen molar-refractivity contribution in [1.82, 2.24) is 9.62 Å². The first kappa shape index (κ1) is 16.2. The number of rotatable bonds is 7. The lowest BCUT2D eigenvalue weighted by atomic mass is 10.0. The van der Waals surface area contributed by atoms with Crippen LogP contribution in [0.2, 0.25) is 0 Å². The van der Waals surface area contributed by atoms with Crippen LogP contribution < -0.4 is 9.86 Å². The molecule has 108 valence electrons. The van der Waals surface area contributed by atoms with Crippen molar-refractivity contribution < 1.29 is 8.42 Å². The SMILES string of the molecule is CC(C)SCCN1CCCC[C@@H]1CNS(N)(=O)=O. The summed E-state index contributed by atoms with van der Waals surface area (Å²) in [5, 5.41) is 5.63. The first-order chi connectivity index (χ1) is 8.38. The highest BCUT2D eigenvalue weighted by Gasteiger charge is 2.22. The van der Waals surface area contributed by atoms with Gasteiger partial charge in [-0.15, -0.1) is 0 Å². The largest absolute Gasteiger partial charge is 0.298 e. The summed E-state index contributed by atoms with van der Waals surface area (Å²) in [6.45, 7) is 6.92. The molecule has 0 saturated carbocycles. The van der Waals surface area contributed by atoms with Gasteiger partial charge in [0.25, 0.3) is 10.2 Å². The van der Waals surface area contributed by atoms with Gasteiger partial charge in [-0.1, -0.05) is 20.3 Å². The molecule has 18 heavy (non-hydrogen) atoms. The molecule has 1 saturated heterocycles. The molecule has 1 rings (SSSR count). The van der Waals surface area contributed by atoms with Crippen molar-refractivity contribution >= 4 is 22.0 Å². The molecule has 0 unspecified atom stereocenters. The molecule has 7 heteroatoms. The third-order valence-corrected chi connectivity index (χ3v) is 4.75. The molecule has 0 radical (unpaired) electrons. The summed E-state index contributed by atoms with van der Waals surface area (Å²) in [5.74, 6) is 1.10. The molecule has 5 nitrogen and oxygen atoms in total. The average Bonchev–Trinajstić information content (AvgIpc) is 2.26. The Morgan fingerprint density at radius 1 is 1.44 bits per heavy atom. The van der Waals surface area contributed by atoms with Crippen LogP contribution in [0.15, 0.2) is 0 Å². The van der Waals surface area contributed by atoms with Crippen LogP contribution in [-0.4, -0.2) is 50.0 Å². The van der Waals surface area contributed by atoms with Crippen LogP contribution in [-0.2, 0) is 10.2 Å². The number of likely N-dealkylation sites (tertiary alicyclic amines) is 1. The Morgan fingerprint density at radius 2 is 2.17 bits per heavy atom. The minimum atomic E-state index is -3.56. The summed E-state index contributed by atoms with van der Waals surface area (Å²) in [5.41, 5.74) is 0. The predicted octanol–water partition coefficient (Wildman–Crippen LogP) is 0.776. The van der Waals surface area contributed by atoms with Crippen LogP contribution >= 0.6 is 11.8 Å². The quantitative estimate of drug-likeness (QED) is 0.727. The zero-order valence-corrected chi connectivity index (χ0v) is 12.9. The second-order valence-corrected chi connectivity index (χ2v) is 8.06. The number of nitrogens with zero attached hydrogens (tertiary/aromatic N) is 1. The van der Waals surface area contributed by atoms with Crippen LogP contribution in [0.5, 0.6) is 0 Å². The van der Waals surface area contributed by atoms with E-state index in [2.05, 4.69) is 23.5 Å². The van der Waals surface area contributed by atoms with Crippen molar-refractivity contribution in [3.05, 3.63) is 0 Å². The van der Waals surface area contributed by atoms with E-state index in [0.717, 1.165) is 25.3 Å². The number of nitrogens with one attached hydrogen (secondary N) is 1. The average molecular weight is 295 g/mol. The molecule has 3 N–H and O–H groups in total. The van der Waals surface area contributed by atoms with E-state index in [9.17, 15) is 8.42 Å². The Bertz CT molecular complexity index is 333. The maximum Gasteiger partial charge on any atom is 0.274 e. The Hall–Kier alpha value is 0.180. The lowest BCUT2D eigenvalue weighted by Crippen LogP contribution is -2.48. The van der Waals surface area contributed by atoms with Crippen LogP contribution in [0, 0.1) is 0 Å². The highest BCUT2D eigenvalue weighted by atomic mass is 32.2. The molecule has 1 aliphatic heterocycles. The third kappa shape index (κ3) is 6.94. The van der Waals surface area contributed by atoms with Crippen LogP contribution in [0.25, 0.3) is 0 Å². The summed E-state index contributed by atoms with van der Waals surface area (Å²) in [4.78, 5) is 2.39. The van der Waals surface area contributed by atoms with Gasteiger partial charge in [0.15, 0.2) is 0 Å². The van der Waals surface area contributed by atoms with Crippen molar-refractivity contribution in [3.63, 3.8) is 0 Å². The van der Waals surface area contributed by atoms with Crippen molar-refractivity contribution in [2.24, 2.45) is 5.14 Å². The molecule has 1 heterocycles. The van der Waals surface area contributed by atoms with Crippen molar-refractivity contribution in [3.8, 4) is 0 Å². The molecule has 1 atom stereocenters. The lowest BCUT2D eigenvalue weighted by molar-refractivity contribution is 0.159. The summed E-state index contributed by atoms with van der Waals surface area (Å²) in [6.07, 6.45) is 3.43. The summed E-state index contributed by atoms with van der Waals surface area (Å²) in [6, 6.07) is 0.296. The number of thioether (sulfide) groups is 1. The Labute approximate surface area is 115 Å². The molecule has 1 fully saturated rings. The van der Waals surface area contributed by atoms with Gasteiger partial charge in [0.05, 0.1) is 0 Å². The third-order valence-electron chi connectivity index (χ3n) is 3.10.